The zero-order valence-electron chi connectivity index (χ0n) is 23.4. The molecule has 0 aromatic carbocycles. The molecule has 2 heterocycles. The Morgan fingerprint density at radius 3 is 2.79 bits per heavy atom. The number of aliphatic carboxylic acids is 1. The molecule has 5 N–H and O–H groups in total. The number of likely N-dealkylation sites (N-methyl/N-ethyl adjacent to an activating group) is 2. The third-order valence-corrected chi connectivity index (χ3v) is 8.44. The van der Waals surface area contributed by atoms with Crippen LogP contribution in [-0.4, -0.2) is 111 Å². The first-order valence-corrected chi connectivity index (χ1v) is 13.9. The summed E-state index contributed by atoms with van der Waals surface area (Å²) in [6.45, 7) is 3.25. The van der Waals surface area contributed by atoms with Gasteiger partial charge in [-0.15, -0.1) is 0 Å². The minimum atomic E-state index is -1.93. The number of hydrogen-bond acceptors (Lipinski definition) is 9. The van der Waals surface area contributed by atoms with E-state index in [2.05, 4.69) is 33.6 Å². The van der Waals surface area contributed by atoms with Gasteiger partial charge in [0.1, 0.15) is 6.10 Å². The van der Waals surface area contributed by atoms with Gasteiger partial charge in [0.2, 0.25) is 12.1 Å². The van der Waals surface area contributed by atoms with Crippen LogP contribution >= 0.6 is 0 Å². The first-order chi connectivity index (χ1) is 18.6. The summed E-state index contributed by atoms with van der Waals surface area (Å²) in [5.74, 6) is -0.705. The van der Waals surface area contributed by atoms with Crippen molar-refractivity contribution in [3.05, 3.63) is 23.0 Å². The highest BCUT2D eigenvalue weighted by molar-refractivity contribution is 5.83. The zero-order chi connectivity index (χ0) is 28.3. The molecule has 0 bridgehead atoms. The van der Waals surface area contributed by atoms with Gasteiger partial charge in [0, 0.05) is 25.9 Å². The molecule has 0 spiro atoms. The summed E-state index contributed by atoms with van der Waals surface area (Å²) in [4.78, 5) is 19.1. The molecule has 0 amide bonds. The van der Waals surface area contributed by atoms with Crippen molar-refractivity contribution < 1.29 is 28.2 Å². The van der Waals surface area contributed by atoms with Gasteiger partial charge in [0.05, 0.1) is 30.7 Å². The number of rotatable bonds is 9. The molecule has 4 rings (SSSR count). The summed E-state index contributed by atoms with van der Waals surface area (Å²) in [7, 11) is 5.25. The van der Waals surface area contributed by atoms with Gasteiger partial charge in [-0.1, -0.05) is 6.08 Å². The quantitative estimate of drug-likeness (QED) is 0.249. The van der Waals surface area contributed by atoms with Crippen LogP contribution in [0.4, 0.5) is 8.78 Å². The summed E-state index contributed by atoms with van der Waals surface area (Å²) in [5, 5.41) is 15.9. The van der Waals surface area contributed by atoms with Crippen molar-refractivity contribution in [1.82, 2.24) is 20.4 Å². The molecule has 0 aromatic heterocycles. The van der Waals surface area contributed by atoms with Crippen molar-refractivity contribution in [3.8, 4) is 0 Å². The maximum Gasteiger partial charge on any atom is 0.317 e. The summed E-state index contributed by atoms with van der Waals surface area (Å²) >= 11 is 0. The van der Waals surface area contributed by atoms with E-state index in [0.29, 0.717) is 25.0 Å². The Hall–Kier alpha value is -2.12. The van der Waals surface area contributed by atoms with E-state index in [1.807, 2.05) is 6.92 Å². The molecule has 220 valence electrons. The third kappa shape index (κ3) is 6.97. The van der Waals surface area contributed by atoms with Crippen molar-refractivity contribution in [2.45, 2.75) is 88.5 Å². The van der Waals surface area contributed by atoms with E-state index in [1.54, 1.807) is 7.05 Å². The van der Waals surface area contributed by atoms with Crippen LogP contribution in [0.3, 0.4) is 0 Å². The van der Waals surface area contributed by atoms with E-state index in [4.69, 9.17) is 15.2 Å². The standard InChI is InChI=1S/C27H44F2N6O4/c1-15-8-9-16(24(30)31-2)13-19(15)39-27-22(29)23(35(4)14-20(36)37)21(28)26(33-27)38-18-7-5-6-17(12-18)25-32-10-11-34(25)3/h6,16,18,21-25,27,31-32H,5,7-14,30H2,1-4H3,(H,36,37). The number of halogens is 2. The fourth-order valence-corrected chi connectivity index (χ4v) is 6.08. The number of nitrogens with two attached hydrogens (primary N) is 1. The lowest BCUT2D eigenvalue weighted by molar-refractivity contribution is -0.139. The average molecular weight is 555 g/mol. The first kappa shape index (κ1) is 29.9. The predicted molar refractivity (Wildman–Crippen MR) is 144 cm³/mol. The van der Waals surface area contributed by atoms with Crippen molar-refractivity contribution in [1.29, 1.82) is 0 Å². The minimum Gasteiger partial charge on any atom is -0.480 e. The molecular weight excluding hydrogens is 510 g/mol. The van der Waals surface area contributed by atoms with Crippen molar-refractivity contribution >= 4 is 11.9 Å². The van der Waals surface area contributed by atoms with E-state index in [-0.39, 0.29) is 30.3 Å². The largest absolute Gasteiger partial charge is 0.480 e. The molecule has 39 heavy (non-hydrogen) atoms. The number of nitrogens with zero attached hydrogens (tertiary/aromatic N) is 3. The van der Waals surface area contributed by atoms with Gasteiger partial charge in [-0.2, -0.15) is 0 Å². The van der Waals surface area contributed by atoms with Crippen molar-refractivity contribution in [2.24, 2.45) is 16.6 Å². The topological polar surface area (TPSA) is 125 Å². The van der Waals surface area contributed by atoms with Crippen LogP contribution in [-0.2, 0) is 14.3 Å². The number of hydrogen-bond donors (Lipinski definition) is 4. The van der Waals surface area contributed by atoms with Gasteiger partial charge in [-0.25, -0.2) is 13.8 Å². The SMILES string of the molecule is CNC(N)C1CCC(C)=C(OC2N=C(OC3CCC=C(C4NCCN4C)C3)C(F)C(N(C)CC(=O)O)C2F)C1. The fraction of sp³-hybridized carbons (Fsp3) is 0.778. The smallest absolute Gasteiger partial charge is 0.317 e. The molecule has 4 aliphatic rings. The molecule has 1 fully saturated rings. The lowest BCUT2D eigenvalue weighted by Crippen LogP contribution is -2.58. The average Bonchev–Trinajstić information content (AvgIpc) is 3.33. The highest BCUT2D eigenvalue weighted by atomic mass is 19.1. The molecular formula is C27H44F2N6O4. The van der Waals surface area contributed by atoms with Crippen LogP contribution in [0, 0.1) is 5.92 Å². The van der Waals surface area contributed by atoms with Crippen LogP contribution in [0.5, 0.6) is 0 Å². The number of carboxylic acids is 1. The number of aliphatic imine (C=N–C) groups is 1. The lowest BCUT2D eigenvalue weighted by Gasteiger charge is -2.40. The number of ether oxygens (including phenoxy) is 2. The summed E-state index contributed by atoms with van der Waals surface area (Å²) < 4.78 is 44.0. The van der Waals surface area contributed by atoms with E-state index in [0.717, 1.165) is 42.8 Å². The first-order valence-electron chi connectivity index (χ1n) is 13.9. The van der Waals surface area contributed by atoms with Crippen LogP contribution in [0.1, 0.15) is 45.4 Å². The Balaban J connectivity index is 1.55. The van der Waals surface area contributed by atoms with Gasteiger partial charge >= 0.3 is 5.97 Å². The molecule has 10 nitrogen and oxygen atoms in total. The number of carboxylic acid groups (broad SMARTS) is 1. The van der Waals surface area contributed by atoms with E-state index in [1.165, 1.54) is 12.6 Å². The Morgan fingerprint density at radius 1 is 1.36 bits per heavy atom. The molecule has 8 atom stereocenters. The van der Waals surface area contributed by atoms with Crippen LogP contribution < -0.4 is 16.4 Å². The predicted octanol–water partition coefficient (Wildman–Crippen LogP) is 1.74. The number of alkyl halides is 2. The van der Waals surface area contributed by atoms with Gasteiger partial charge in [-0.3, -0.25) is 19.9 Å². The maximum atomic E-state index is 15.9. The summed E-state index contributed by atoms with van der Waals surface area (Å²) in [5.41, 5.74) is 8.36. The highest BCUT2D eigenvalue weighted by Crippen LogP contribution is 2.36. The lowest BCUT2D eigenvalue weighted by atomic mass is 9.86. The molecule has 0 saturated carbocycles. The van der Waals surface area contributed by atoms with Crippen LogP contribution in [0.15, 0.2) is 28.0 Å². The fourth-order valence-electron chi connectivity index (χ4n) is 6.08. The molecule has 1 saturated heterocycles. The van der Waals surface area contributed by atoms with Gasteiger partial charge in [0.25, 0.3) is 0 Å². The summed E-state index contributed by atoms with van der Waals surface area (Å²) in [6, 6.07) is -1.42. The van der Waals surface area contributed by atoms with Gasteiger partial charge in [0.15, 0.2) is 12.3 Å². The molecule has 12 heteroatoms. The Kier molecular flexibility index (Phi) is 9.97. The number of allylic oxidation sites excluding steroid dienone is 3. The zero-order valence-corrected chi connectivity index (χ0v) is 23.4. The third-order valence-electron chi connectivity index (χ3n) is 8.44. The van der Waals surface area contributed by atoms with Crippen molar-refractivity contribution in [2.75, 3.05) is 40.8 Å². The monoisotopic (exact) mass is 554 g/mol. The Bertz CT molecular complexity index is 978. The minimum absolute atomic E-state index is 0.101. The highest BCUT2D eigenvalue weighted by Gasteiger charge is 2.48. The normalized spacial score (nSPS) is 35.0. The van der Waals surface area contributed by atoms with Crippen LogP contribution in [0.25, 0.3) is 0 Å². The maximum absolute atomic E-state index is 15.9. The second-order valence-electron chi connectivity index (χ2n) is 11.3. The molecule has 0 radical (unpaired) electrons. The summed E-state index contributed by atoms with van der Waals surface area (Å²) in [6.07, 6.45) is 0.766. The van der Waals surface area contributed by atoms with E-state index < -0.39 is 37.1 Å². The molecule has 2 aliphatic heterocycles. The second kappa shape index (κ2) is 13.0. The number of nitrogens with one attached hydrogen (secondary N) is 2. The van der Waals surface area contributed by atoms with E-state index >= 15 is 8.78 Å². The molecule has 2 aliphatic carbocycles. The Labute approximate surface area is 229 Å². The molecule has 0 aromatic rings. The molecule has 8 unspecified atom stereocenters. The van der Waals surface area contributed by atoms with E-state index in [9.17, 15) is 9.90 Å². The van der Waals surface area contributed by atoms with Crippen molar-refractivity contribution in [3.63, 3.8) is 0 Å². The van der Waals surface area contributed by atoms with Crippen LogP contribution in [0.2, 0.25) is 0 Å². The van der Waals surface area contributed by atoms with Gasteiger partial charge in [-0.05, 0) is 70.8 Å². The number of carbonyl (C=O) groups is 1. The second-order valence-corrected chi connectivity index (χ2v) is 11.3. The Morgan fingerprint density at radius 2 is 2.13 bits per heavy atom. The van der Waals surface area contributed by atoms with Gasteiger partial charge < -0.3 is 25.6 Å².